The molecule has 0 saturated carbocycles. The molecule has 2 aromatic rings. The first-order valence-corrected chi connectivity index (χ1v) is 7.33. The lowest BCUT2D eigenvalue weighted by Crippen LogP contribution is -1.94. The molecule has 0 radical (unpaired) electrons. The molecule has 0 nitrogen and oxygen atoms in total. The van der Waals surface area contributed by atoms with Crippen LogP contribution < -0.4 is 0 Å². The van der Waals surface area contributed by atoms with Crippen LogP contribution in [0.2, 0.25) is 0 Å². The minimum absolute atomic E-state index is 0.0808. The summed E-state index contributed by atoms with van der Waals surface area (Å²) in [5.41, 5.74) is 4.84. The lowest BCUT2D eigenvalue weighted by atomic mass is 10.0. The Morgan fingerprint density at radius 1 is 1.06 bits per heavy atom. The van der Waals surface area contributed by atoms with Gasteiger partial charge in [0, 0.05) is 4.47 Å². The Morgan fingerprint density at radius 2 is 1.67 bits per heavy atom. The SMILES string of the molecule is CCc1ccc(C(Cl)c2ccc(Br)c(C)c2)cc1. The lowest BCUT2D eigenvalue weighted by molar-refractivity contribution is 1.10. The van der Waals surface area contributed by atoms with Crippen LogP contribution in [0.5, 0.6) is 0 Å². The fourth-order valence-electron chi connectivity index (χ4n) is 1.94. The van der Waals surface area contributed by atoms with E-state index in [0.717, 1.165) is 22.0 Å². The predicted molar refractivity (Wildman–Crippen MR) is 82.4 cm³/mol. The lowest BCUT2D eigenvalue weighted by Gasteiger charge is -2.12. The largest absolute Gasteiger partial charge is 0.113 e. The van der Waals surface area contributed by atoms with Crippen LogP contribution in [0, 0.1) is 6.92 Å². The molecule has 0 spiro atoms. The average molecular weight is 324 g/mol. The Labute approximate surface area is 122 Å². The van der Waals surface area contributed by atoms with Gasteiger partial charge in [0.2, 0.25) is 0 Å². The molecule has 0 aliphatic rings. The van der Waals surface area contributed by atoms with Crippen molar-refractivity contribution in [3.63, 3.8) is 0 Å². The topological polar surface area (TPSA) is 0 Å². The molecule has 0 bridgehead atoms. The van der Waals surface area contributed by atoms with Crippen LogP contribution in [0.25, 0.3) is 0 Å². The molecule has 0 saturated heterocycles. The summed E-state index contributed by atoms with van der Waals surface area (Å²) in [7, 11) is 0. The van der Waals surface area contributed by atoms with E-state index in [1.165, 1.54) is 11.1 Å². The first-order valence-electron chi connectivity index (χ1n) is 6.10. The van der Waals surface area contributed by atoms with Crippen LogP contribution in [-0.4, -0.2) is 0 Å². The van der Waals surface area contributed by atoms with Crippen molar-refractivity contribution in [2.45, 2.75) is 25.6 Å². The second-order valence-electron chi connectivity index (χ2n) is 4.47. The van der Waals surface area contributed by atoms with E-state index in [1.54, 1.807) is 0 Å². The van der Waals surface area contributed by atoms with Crippen molar-refractivity contribution in [1.29, 1.82) is 0 Å². The molecule has 0 amide bonds. The maximum atomic E-state index is 6.54. The van der Waals surface area contributed by atoms with Gasteiger partial charge in [0.25, 0.3) is 0 Å². The second kappa shape index (κ2) is 5.90. The molecule has 0 aliphatic heterocycles. The van der Waals surface area contributed by atoms with Crippen molar-refractivity contribution in [2.24, 2.45) is 0 Å². The molecule has 0 aliphatic carbocycles. The molecule has 18 heavy (non-hydrogen) atoms. The third-order valence-electron chi connectivity index (χ3n) is 3.16. The Hall–Kier alpha value is -0.790. The maximum absolute atomic E-state index is 6.54. The van der Waals surface area contributed by atoms with E-state index in [-0.39, 0.29) is 5.38 Å². The highest BCUT2D eigenvalue weighted by atomic mass is 79.9. The molecule has 0 heterocycles. The van der Waals surface area contributed by atoms with E-state index in [2.05, 4.69) is 72.2 Å². The Balaban J connectivity index is 2.28. The van der Waals surface area contributed by atoms with Crippen LogP contribution in [0.3, 0.4) is 0 Å². The van der Waals surface area contributed by atoms with E-state index in [4.69, 9.17) is 11.6 Å². The fourth-order valence-corrected chi connectivity index (χ4v) is 2.47. The van der Waals surface area contributed by atoms with Crippen molar-refractivity contribution >= 4 is 27.5 Å². The van der Waals surface area contributed by atoms with E-state index in [1.807, 2.05) is 0 Å². The van der Waals surface area contributed by atoms with Crippen LogP contribution >= 0.6 is 27.5 Å². The quantitative estimate of drug-likeness (QED) is 0.640. The Kier molecular flexibility index (Phi) is 4.47. The summed E-state index contributed by atoms with van der Waals surface area (Å²) < 4.78 is 1.12. The molecule has 1 unspecified atom stereocenters. The van der Waals surface area contributed by atoms with Crippen molar-refractivity contribution in [1.82, 2.24) is 0 Å². The number of rotatable bonds is 3. The molecule has 94 valence electrons. The Morgan fingerprint density at radius 3 is 2.22 bits per heavy atom. The van der Waals surface area contributed by atoms with Gasteiger partial charge in [-0.1, -0.05) is 59.3 Å². The number of alkyl halides is 1. The van der Waals surface area contributed by atoms with E-state index in [9.17, 15) is 0 Å². The minimum atomic E-state index is -0.0808. The molecule has 2 aromatic carbocycles. The number of hydrogen-bond acceptors (Lipinski definition) is 0. The number of aryl methyl sites for hydroxylation is 2. The van der Waals surface area contributed by atoms with Crippen molar-refractivity contribution in [3.05, 3.63) is 69.2 Å². The number of hydrogen-bond donors (Lipinski definition) is 0. The van der Waals surface area contributed by atoms with Gasteiger partial charge in [-0.2, -0.15) is 0 Å². The molecular weight excluding hydrogens is 308 g/mol. The summed E-state index contributed by atoms with van der Waals surface area (Å²) in [6.45, 7) is 4.24. The summed E-state index contributed by atoms with van der Waals surface area (Å²) in [6, 6.07) is 14.8. The monoisotopic (exact) mass is 322 g/mol. The maximum Gasteiger partial charge on any atom is 0.0835 e. The second-order valence-corrected chi connectivity index (χ2v) is 5.76. The summed E-state index contributed by atoms with van der Waals surface area (Å²) in [5.74, 6) is 0. The third kappa shape index (κ3) is 2.96. The summed E-state index contributed by atoms with van der Waals surface area (Å²) in [6.07, 6.45) is 1.06. The van der Waals surface area contributed by atoms with Gasteiger partial charge in [-0.15, -0.1) is 11.6 Å². The highest BCUT2D eigenvalue weighted by Crippen LogP contribution is 2.31. The van der Waals surface area contributed by atoms with Crippen LogP contribution in [-0.2, 0) is 6.42 Å². The molecule has 0 fully saturated rings. The van der Waals surface area contributed by atoms with Gasteiger partial charge in [-0.05, 0) is 41.7 Å². The smallest absolute Gasteiger partial charge is 0.0835 e. The normalized spacial score (nSPS) is 12.4. The minimum Gasteiger partial charge on any atom is -0.113 e. The van der Waals surface area contributed by atoms with Gasteiger partial charge in [-0.3, -0.25) is 0 Å². The highest BCUT2D eigenvalue weighted by molar-refractivity contribution is 9.10. The van der Waals surface area contributed by atoms with Gasteiger partial charge in [0.15, 0.2) is 0 Å². The zero-order valence-corrected chi connectivity index (χ0v) is 12.9. The molecule has 1 atom stereocenters. The van der Waals surface area contributed by atoms with Crippen molar-refractivity contribution in [3.8, 4) is 0 Å². The zero-order valence-electron chi connectivity index (χ0n) is 10.6. The average Bonchev–Trinajstić information content (AvgIpc) is 2.41. The Bertz CT molecular complexity index is 531. The first-order chi connectivity index (χ1) is 8.61. The van der Waals surface area contributed by atoms with Gasteiger partial charge >= 0.3 is 0 Å². The predicted octanol–water partition coefficient (Wildman–Crippen LogP) is 5.65. The summed E-state index contributed by atoms with van der Waals surface area (Å²) >= 11 is 10.0. The van der Waals surface area contributed by atoms with Crippen molar-refractivity contribution in [2.75, 3.05) is 0 Å². The molecule has 2 heteroatoms. The van der Waals surface area contributed by atoms with Crippen LogP contribution in [0.15, 0.2) is 46.9 Å². The number of halogens is 2. The zero-order chi connectivity index (χ0) is 13.1. The highest BCUT2D eigenvalue weighted by Gasteiger charge is 2.11. The van der Waals surface area contributed by atoms with Gasteiger partial charge in [0.05, 0.1) is 5.38 Å². The molecule has 0 N–H and O–H groups in total. The number of benzene rings is 2. The molecule has 0 aromatic heterocycles. The third-order valence-corrected chi connectivity index (χ3v) is 4.55. The van der Waals surface area contributed by atoms with E-state index in [0.29, 0.717) is 0 Å². The van der Waals surface area contributed by atoms with E-state index >= 15 is 0 Å². The van der Waals surface area contributed by atoms with Crippen LogP contribution in [0.1, 0.15) is 34.6 Å². The van der Waals surface area contributed by atoms with Crippen molar-refractivity contribution < 1.29 is 0 Å². The van der Waals surface area contributed by atoms with Gasteiger partial charge in [-0.25, -0.2) is 0 Å². The van der Waals surface area contributed by atoms with Crippen LogP contribution in [0.4, 0.5) is 0 Å². The molecular formula is C16H16BrCl. The van der Waals surface area contributed by atoms with Gasteiger partial charge in [0.1, 0.15) is 0 Å². The standard InChI is InChI=1S/C16H16BrCl/c1-3-12-4-6-13(7-5-12)16(18)14-8-9-15(17)11(2)10-14/h4-10,16H,3H2,1-2H3. The molecule has 2 rings (SSSR count). The van der Waals surface area contributed by atoms with Gasteiger partial charge < -0.3 is 0 Å². The first kappa shape index (κ1) is 13.6. The summed E-state index contributed by atoms with van der Waals surface area (Å²) in [4.78, 5) is 0. The summed E-state index contributed by atoms with van der Waals surface area (Å²) in [5, 5.41) is -0.0808. The van der Waals surface area contributed by atoms with E-state index < -0.39 is 0 Å². The fraction of sp³-hybridized carbons (Fsp3) is 0.250.